The smallest absolute Gasteiger partial charge is 0.232 e. The van der Waals surface area contributed by atoms with E-state index in [2.05, 4.69) is 11.6 Å². The van der Waals surface area contributed by atoms with Gasteiger partial charge in [-0.1, -0.05) is 38.3 Å². The average molecular weight is 338 g/mol. The Hall–Kier alpha value is -1.82. The molecular formula is C17H26N2O3S. The van der Waals surface area contributed by atoms with Gasteiger partial charge in [-0.05, 0) is 18.6 Å². The molecule has 0 aliphatic carbocycles. The lowest BCUT2D eigenvalue weighted by atomic mass is 10.1. The SMILES string of the molecule is CCCCCCS(=O)(=O)Nc1cccc(C(=O)C=CN(C)C)c1. The highest BCUT2D eigenvalue weighted by atomic mass is 32.2. The van der Waals surface area contributed by atoms with Crippen molar-refractivity contribution in [2.75, 3.05) is 24.6 Å². The molecule has 0 fully saturated rings. The molecule has 0 amide bonds. The van der Waals surface area contributed by atoms with Crippen molar-refractivity contribution in [3.63, 3.8) is 0 Å². The number of nitrogens with zero attached hydrogens (tertiary/aromatic N) is 1. The van der Waals surface area contributed by atoms with Crippen LogP contribution in [0.3, 0.4) is 0 Å². The van der Waals surface area contributed by atoms with Gasteiger partial charge in [0, 0.05) is 37.6 Å². The molecule has 5 nitrogen and oxygen atoms in total. The number of hydrogen-bond acceptors (Lipinski definition) is 4. The molecule has 1 N–H and O–H groups in total. The maximum absolute atomic E-state index is 12.0. The van der Waals surface area contributed by atoms with Gasteiger partial charge in [0.1, 0.15) is 0 Å². The Labute approximate surface area is 139 Å². The van der Waals surface area contributed by atoms with Gasteiger partial charge in [-0.15, -0.1) is 0 Å². The number of unbranched alkanes of at least 4 members (excludes halogenated alkanes) is 3. The Morgan fingerprint density at radius 3 is 2.61 bits per heavy atom. The fourth-order valence-corrected chi connectivity index (χ4v) is 3.17. The van der Waals surface area contributed by atoms with Crippen LogP contribution >= 0.6 is 0 Å². The molecule has 0 aromatic heterocycles. The monoisotopic (exact) mass is 338 g/mol. The molecular weight excluding hydrogens is 312 g/mol. The Bertz CT molecular complexity index is 637. The summed E-state index contributed by atoms with van der Waals surface area (Å²) in [6, 6.07) is 6.55. The van der Waals surface area contributed by atoms with E-state index in [-0.39, 0.29) is 11.5 Å². The first-order chi connectivity index (χ1) is 10.8. The van der Waals surface area contributed by atoms with Crippen molar-refractivity contribution in [3.05, 3.63) is 42.1 Å². The van der Waals surface area contributed by atoms with Crippen molar-refractivity contribution in [1.29, 1.82) is 0 Å². The zero-order valence-electron chi connectivity index (χ0n) is 14.1. The second-order valence-corrected chi connectivity index (χ2v) is 7.55. The van der Waals surface area contributed by atoms with E-state index < -0.39 is 10.0 Å². The second-order valence-electron chi connectivity index (χ2n) is 5.71. The minimum Gasteiger partial charge on any atom is -0.383 e. The second kappa shape index (κ2) is 9.35. The van der Waals surface area contributed by atoms with Crippen LogP contribution in [0, 0.1) is 0 Å². The van der Waals surface area contributed by atoms with Crippen LogP contribution in [0.1, 0.15) is 43.0 Å². The topological polar surface area (TPSA) is 66.5 Å². The van der Waals surface area contributed by atoms with Crippen molar-refractivity contribution >= 4 is 21.5 Å². The first-order valence-electron chi connectivity index (χ1n) is 7.83. The molecule has 1 rings (SSSR count). The third-order valence-corrected chi connectivity index (χ3v) is 4.58. The van der Waals surface area contributed by atoms with E-state index in [1.54, 1.807) is 35.4 Å². The summed E-state index contributed by atoms with van der Waals surface area (Å²) in [5, 5.41) is 0. The van der Waals surface area contributed by atoms with E-state index in [0.717, 1.165) is 19.3 Å². The lowest BCUT2D eigenvalue weighted by Crippen LogP contribution is -2.17. The molecule has 6 heteroatoms. The number of rotatable bonds is 10. The zero-order chi connectivity index (χ0) is 17.3. The molecule has 0 saturated heterocycles. The van der Waals surface area contributed by atoms with E-state index in [9.17, 15) is 13.2 Å². The van der Waals surface area contributed by atoms with Crippen molar-refractivity contribution in [1.82, 2.24) is 4.90 Å². The van der Waals surface area contributed by atoms with E-state index in [1.807, 2.05) is 14.1 Å². The van der Waals surface area contributed by atoms with Gasteiger partial charge in [-0.25, -0.2) is 8.42 Å². The lowest BCUT2D eigenvalue weighted by Gasteiger charge is -2.09. The highest BCUT2D eigenvalue weighted by Crippen LogP contribution is 2.14. The van der Waals surface area contributed by atoms with Crippen molar-refractivity contribution in [3.8, 4) is 0 Å². The molecule has 1 aromatic rings. The number of sulfonamides is 1. The number of benzene rings is 1. The van der Waals surface area contributed by atoms with Crippen LogP contribution in [0.4, 0.5) is 5.69 Å². The fourth-order valence-electron chi connectivity index (χ4n) is 2.00. The number of hydrogen-bond donors (Lipinski definition) is 1. The number of anilines is 1. The predicted octanol–water partition coefficient (Wildman–Crippen LogP) is 3.27. The van der Waals surface area contributed by atoms with Crippen molar-refractivity contribution < 1.29 is 13.2 Å². The number of allylic oxidation sites excluding steroid dienone is 1. The third-order valence-electron chi connectivity index (χ3n) is 3.21. The molecule has 23 heavy (non-hydrogen) atoms. The van der Waals surface area contributed by atoms with Crippen LogP contribution in [0.5, 0.6) is 0 Å². The van der Waals surface area contributed by atoms with Crippen molar-refractivity contribution in [2.24, 2.45) is 0 Å². The molecule has 0 heterocycles. The first kappa shape index (κ1) is 19.2. The summed E-state index contributed by atoms with van der Waals surface area (Å²) in [6.45, 7) is 2.08. The third kappa shape index (κ3) is 7.83. The van der Waals surface area contributed by atoms with Crippen LogP contribution in [0.15, 0.2) is 36.5 Å². The highest BCUT2D eigenvalue weighted by Gasteiger charge is 2.11. The largest absolute Gasteiger partial charge is 0.383 e. The number of nitrogens with one attached hydrogen (secondary N) is 1. The van der Waals surface area contributed by atoms with Crippen LogP contribution < -0.4 is 4.72 Å². The minimum atomic E-state index is -3.37. The van der Waals surface area contributed by atoms with Gasteiger partial charge in [0.05, 0.1) is 5.75 Å². The molecule has 0 spiro atoms. The molecule has 0 radical (unpaired) electrons. The summed E-state index contributed by atoms with van der Waals surface area (Å²) in [4.78, 5) is 13.8. The standard InChI is InChI=1S/C17H26N2O3S/c1-4-5-6-7-13-23(21,22)18-16-10-8-9-15(14-16)17(20)11-12-19(2)3/h8-12,14,18H,4-7,13H2,1-3H3. The van der Waals surface area contributed by atoms with Gasteiger partial charge in [-0.3, -0.25) is 9.52 Å². The highest BCUT2D eigenvalue weighted by molar-refractivity contribution is 7.92. The van der Waals surface area contributed by atoms with Crippen LogP contribution in [0.25, 0.3) is 0 Å². The summed E-state index contributed by atoms with van der Waals surface area (Å²) in [5.74, 6) is -0.0613. The van der Waals surface area contributed by atoms with Gasteiger partial charge < -0.3 is 4.90 Å². The predicted molar refractivity (Wildman–Crippen MR) is 95.2 cm³/mol. The normalized spacial score (nSPS) is 11.6. The van der Waals surface area contributed by atoms with E-state index in [4.69, 9.17) is 0 Å². The molecule has 128 valence electrons. The summed E-state index contributed by atoms with van der Waals surface area (Å²) in [7, 11) is 0.282. The van der Waals surface area contributed by atoms with Crippen LogP contribution in [-0.2, 0) is 10.0 Å². The molecule has 0 saturated carbocycles. The first-order valence-corrected chi connectivity index (χ1v) is 9.49. The van der Waals surface area contributed by atoms with E-state index in [0.29, 0.717) is 17.7 Å². The van der Waals surface area contributed by atoms with Gasteiger partial charge in [0.25, 0.3) is 0 Å². The van der Waals surface area contributed by atoms with E-state index >= 15 is 0 Å². The molecule has 0 aliphatic rings. The minimum absolute atomic E-state index is 0.103. The Kier molecular flexibility index (Phi) is 7.81. The Morgan fingerprint density at radius 1 is 1.22 bits per heavy atom. The summed E-state index contributed by atoms with van der Waals surface area (Å²) >= 11 is 0. The maximum atomic E-state index is 12.0. The van der Waals surface area contributed by atoms with Gasteiger partial charge in [0.2, 0.25) is 10.0 Å². The van der Waals surface area contributed by atoms with Gasteiger partial charge in [-0.2, -0.15) is 0 Å². The van der Waals surface area contributed by atoms with Gasteiger partial charge in [0.15, 0.2) is 5.78 Å². The van der Waals surface area contributed by atoms with Crippen molar-refractivity contribution in [2.45, 2.75) is 32.6 Å². The summed E-state index contributed by atoms with van der Waals surface area (Å²) < 4.78 is 26.6. The molecule has 0 bridgehead atoms. The number of ketones is 1. The summed E-state index contributed by atoms with van der Waals surface area (Å²) in [6.07, 6.45) is 6.78. The van der Waals surface area contributed by atoms with Gasteiger partial charge >= 0.3 is 0 Å². The molecule has 0 atom stereocenters. The molecule has 1 aromatic carbocycles. The fraction of sp³-hybridized carbons (Fsp3) is 0.471. The Balaban J connectivity index is 2.71. The van der Waals surface area contributed by atoms with E-state index in [1.165, 1.54) is 6.08 Å². The maximum Gasteiger partial charge on any atom is 0.232 e. The number of carbonyl (C=O) groups excluding carboxylic acids is 1. The molecule has 0 unspecified atom stereocenters. The molecule has 0 aliphatic heterocycles. The lowest BCUT2D eigenvalue weighted by molar-refractivity contribution is 0.104. The Morgan fingerprint density at radius 2 is 1.96 bits per heavy atom. The zero-order valence-corrected chi connectivity index (χ0v) is 14.9. The van der Waals surface area contributed by atoms with Crippen LogP contribution in [0.2, 0.25) is 0 Å². The average Bonchev–Trinajstić information content (AvgIpc) is 2.49. The summed E-state index contributed by atoms with van der Waals surface area (Å²) in [5.41, 5.74) is 0.874. The number of carbonyl (C=O) groups is 1. The van der Waals surface area contributed by atoms with Crippen LogP contribution in [-0.4, -0.2) is 38.9 Å². The quantitative estimate of drug-likeness (QED) is 0.404.